The number of primary amides is 1. The lowest BCUT2D eigenvalue weighted by molar-refractivity contribution is -0.132. The van der Waals surface area contributed by atoms with Gasteiger partial charge in [-0.15, -0.1) is 11.8 Å². The molecule has 0 aliphatic heterocycles. The van der Waals surface area contributed by atoms with Crippen LogP contribution in [0.4, 0.5) is 5.69 Å². The molecular weight excluding hydrogens is 308 g/mol. The number of nitrogens with two attached hydrogens (primary N) is 1. The minimum Gasteiger partial charge on any atom is -0.369 e. The number of nitrogens with one attached hydrogen (secondary N) is 1. The maximum absolute atomic E-state index is 12.7. The Morgan fingerprint density at radius 1 is 1.13 bits per heavy atom. The van der Waals surface area contributed by atoms with Gasteiger partial charge in [-0.2, -0.15) is 0 Å². The van der Waals surface area contributed by atoms with E-state index in [4.69, 9.17) is 5.73 Å². The topological polar surface area (TPSA) is 72.2 Å². The molecule has 0 radical (unpaired) electrons. The minimum absolute atomic E-state index is 0.0507. The second-order valence-electron chi connectivity index (χ2n) is 6.97. The standard InChI is InChI=1S/C18H24N2O2S/c1-10(2)23-14-7-5-13(6-8-14)20-18(22)16-12-4-3-11(9-12)15(16)17(19)21/h5-8,10-12,15-16H,3-4,9H2,1-2H3,(H2,19,21)(H,20,22). The van der Waals surface area contributed by atoms with Crippen LogP contribution in [0, 0.1) is 23.7 Å². The van der Waals surface area contributed by atoms with Crippen molar-refractivity contribution in [3.8, 4) is 0 Å². The highest BCUT2D eigenvalue weighted by Gasteiger charge is 2.53. The number of carbonyl (C=O) groups is 2. The molecule has 5 heteroatoms. The zero-order valence-electron chi connectivity index (χ0n) is 13.6. The summed E-state index contributed by atoms with van der Waals surface area (Å²) in [5.41, 5.74) is 6.34. The van der Waals surface area contributed by atoms with Crippen LogP contribution in [0.5, 0.6) is 0 Å². The first-order valence-corrected chi connectivity index (χ1v) is 9.20. The Morgan fingerprint density at radius 2 is 1.74 bits per heavy atom. The number of carbonyl (C=O) groups excluding carboxylic acids is 2. The molecule has 1 aromatic rings. The largest absolute Gasteiger partial charge is 0.369 e. The van der Waals surface area contributed by atoms with Crippen molar-refractivity contribution in [1.29, 1.82) is 0 Å². The van der Waals surface area contributed by atoms with Gasteiger partial charge in [0.05, 0.1) is 11.8 Å². The fraction of sp³-hybridized carbons (Fsp3) is 0.556. The van der Waals surface area contributed by atoms with Crippen LogP contribution < -0.4 is 11.1 Å². The Hall–Kier alpha value is -1.49. The SMILES string of the molecule is CC(C)Sc1ccc(NC(=O)C2C3CCC(C3)C2C(N)=O)cc1. The number of thioether (sulfide) groups is 1. The van der Waals surface area contributed by atoms with Crippen molar-refractivity contribution in [3.05, 3.63) is 24.3 Å². The van der Waals surface area contributed by atoms with E-state index in [2.05, 4.69) is 19.2 Å². The van der Waals surface area contributed by atoms with E-state index in [1.54, 1.807) is 11.8 Å². The summed E-state index contributed by atoms with van der Waals surface area (Å²) in [5.74, 6) is -0.293. The van der Waals surface area contributed by atoms with E-state index >= 15 is 0 Å². The average Bonchev–Trinajstić information content (AvgIpc) is 3.09. The van der Waals surface area contributed by atoms with Crippen molar-refractivity contribution in [3.63, 3.8) is 0 Å². The smallest absolute Gasteiger partial charge is 0.228 e. The first kappa shape index (κ1) is 16.4. The van der Waals surface area contributed by atoms with Gasteiger partial charge in [-0.3, -0.25) is 9.59 Å². The molecule has 0 heterocycles. The normalized spacial score (nSPS) is 29.0. The van der Waals surface area contributed by atoms with Crippen molar-refractivity contribution in [2.45, 2.75) is 43.3 Å². The van der Waals surface area contributed by atoms with Gasteiger partial charge in [0.2, 0.25) is 11.8 Å². The highest BCUT2D eigenvalue weighted by Crippen LogP contribution is 2.52. The van der Waals surface area contributed by atoms with Crippen LogP contribution in [0.1, 0.15) is 33.1 Å². The fourth-order valence-corrected chi connectivity index (χ4v) is 5.03. The van der Waals surface area contributed by atoms with Crippen LogP contribution in [0.2, 0.25) is 0 Å². The summed E-state index contributed by atoms with van der Waals surface area (Å²) < 4.78 is 0. The third kappa shape index (κ3) is 3.39. The number of anilines is 1. The summed E-state index contributed by atoms with van der Waals surface area (Å²) in [6.45, 7) is 4.30. The molecule has 2 aliphatic rings. The summed E-state index contributed by atoms with van der Waals surface area (Å²) in [6.07, 6.45) is 3.04. The highest BCUT2D eigenvalue weighted by atomic mass is 32.2. The third-order valence-corrected chi connectivity index (χ3v) is 6.06. The second kappa shape index (κ2) is 6.56. The van der Waals surface area contributed by atoms with Crippen LogP contribution in [0.25, 0.3) is 0 Å². The van der Waals surface area contributed by atoms with Gasteiger partial charge in [0.25, 0.3) is 0 Å². The summed E-state index contributed by atoms with van der Waals surface area (Å²) in [7, 11) is 0. The molecule has 1 aromatic carbocycles. The molecule has 3 rings (SSSR count). The first-order chi connectivity index (χ1) is 11.0. The molecule has 0 saturated heterocycles. The lowest BCUT2D eigenvalue weighted by Gasteiger charge is -2.27. The van der Waals surface area contributed by atoms with Crippen molar-refractivity contribution < 1.29 is 9.59 Å². The fourth-order valence-electron chi connectivity index (χ4n) is 4.19. The van der Waals surface area contributed by atoms with E-state index < -0.39 is 0 Å². The number of rotatable bonds is 5. The zero-order valence-corrected chi connectivity index (χ0v) is 14.4. The monoisotopic (exact) mass is 332 g/mol. The zero-order chi connectivity index (χ0) is 16.6. The van der Waals surface area contributed by atoms with Crippen LogP contribution >= 0.6 is 11.8 Å². The van der Waals surface area contributed by atoms with E-state index in [0.717, 1.165) is 24.9 Å². The predicted octanol–water partition coefficient (Wildman–Crippen LogP) is 3.27. The molecule has 4 unspecified atom stereocenters. The second-order valence-corrected chi connectivity index (χ2v) is 8.62. The molecule has 2 saturated carbocycles. The Labute approximate surface area is 141 Å². The molecule has 0 aromatic heterocycles. The maximum atomic E-state index is 12.7. The number of hydrogen-bond donors (Lipinski definition) is 2. The highest BCUT2D eigenvalue weighted by molar-refractivity contribution is 7.99. The van der Waals surface area contributed by atoms with Crippen LogP contribution in [-0.2, 0) is 9.59 Å². The van der Waals surface area contributed by atoms with E-state index in [1.807, 2.05) is 24.3 Å². The summed E-state index contributed by atoms with van der Waals surface area (Å²) >= 11 is 1.79. The molecular formula is C18H24N2O2S. The van der Waals surface area contributed by atoms with Crippen molar-refractivity contribution in [1.82, 2.24) is 0 Å². The van der Waals surface area contributed by atoms with Gasteiger partial charge in [0.15, 0.2) is 0 Å². The number of benzene rings is 1. The first-order valence-electron chi connectivity index (χ1n) is 8.32. The molecule has 2 bridgehead atoms. The predicted molar refractivity (Wildman–Crippen MR) is 93.1 cm³/mol. The maximum Gasteiger partial charge on any atom is 0.228 e. The molecule has 2 fully saturated rings. The van der Waals surface area contributed by atoms with Crippen LogP contribution in [0.15, 0.2) is 29.2 Å². The van der Waals surface area contributed by atoms with Crippen molar-refractivity contribution >= 4 is 29.3 Å². The van der Waals surface area contributed by atoms with Gasteiger partial charge in [0.1, 0.15) is 0 Å². The molecule has 4 nitrogen and oxygen atoms in total. The molecule has 2 amide bonds. The van der Waals surface area contributed by atoms with Gasteiger partial charge in [-0.05, 0) is 55.4 Å². The Kier molecular flexibility index (Phi) is 4.67. The van der Waals surface area contributed by atoms with Gasteiger partial charge < -0.3 is 11.1 Å². The quantitative estimate of drug-likeness (QED) is 0.813. The number of fused-ring (bicyclic) bond motifs is 2. The van der Waals surface area contributed by atoms with Gasteiger partial charge in [-0.25, -0.2) is 0 Å². The molecule has 2 aliphatic carbocycles. The molecule has 3 N–H and O–H groups in total. The number of amides is 2. The number of hydrogen-bond acceptors (Lipinski definition) is 3. The van der Waals surface area contributed by atoms with Gasteiger partial charge >= 0.3 is 0 Å². The van der Waals surface area contributed by atoms with Crippen molar-refractivity contribution in [2.24, 2.45) is 29.4 Å². The molecule has 124 valence electrons. The lowest BCUT2D eigenvalue weighted by atomic mass is 9.78. The summed E-state index contributed by atoms with van der Waals surface area (Å²) in [5, 5.41) is 3.51. The Bertz CT molecular complexity index is 600. The summed E-state index contributed by atoms with van der Waals surface area (Å²) in [6, 6.07) is 7.89. The average molecular weight is 332 g/mol. The lowest BCUT2D eigenvalue weighted by Crippen LogP contribution is -2.40. The molecule has 0 spiro atoms. The third-order valence-electron chi connectivity index (χ3n) is 5.04. The van der Waals surface area contributed by atoms with E-state index in [0.29, 0.717) is 17.1 Å². The van der Waals surface area contributed by atoms with Crippen LogP contribution in [0.3, 0.4) is 0 Å². The van der Waals surface area contributed by atoms with Crippen molar-refractivity contribution in [2.75, 3.05) is 5.32 Å². The van der Waals surface area contributed by atoms with Gasteiger partial charge in [0, 0.05) is 15.8 Å². The van der Waals surface area contributed by atoms with Gasteiger partial charge in [-0.1, -0.05) is 13.8 Å². The minimum atomic E-state index is -0.318. The molecule has 4 atom stereocenters. The Balaban J connectivity index is 1.68. The van der Waals surface area contributed by atoms with E-state index in [-0.39, 0.29) is 23.7 Å². The van der Waals surface area contributed by atoms with Crippen LogP contribution in [-0.4, -0.2) is 17.1 Å². The summed E-state index contributed by atoms with van der Waals surface area (Å²) in [4.78, 5) is 25.6. The molecule has 23 heavy (non-hydrogen) atoms. The van der Waals surface area contributed by atoms with E-state index in [1.165, 1.54) is 4.90 Å². The van der Waals surface area contributed by atoms with E-state index in [9.17, 15) is 9.59 Å². The Morgan fingerprint density at radius 3 is 2.30 bits per heavy atom.